The van der Waals surface area contributed by atoms with Crippen LogP contribution < -0.4 is 9.80 Å². The molecule has 1 fully saturated rings. The van der Waals surface area contributed by atoms with E-state index in [9.17, 15) is 0 Å². The molecule has 1 saturated heterocycles. The number of aromatic amines is 1. The fraction of sp³-hybridized carbons (Fsp3) is 0.316. The molecule has 0 amide bonds. The van der Waals surface area contributed by atoms with E-state index in [1.165, 1.54) is 0 Å². The molecular weight excluding hydrogens is 312 g/mol. The van der Waals surface area contributed by atoms with Gasteiger partial charge in [0, 0.05) is 32.0 Å². The Kier molecular flexibility index (Phi) is 3.57. The minimum absolute atomic E-state index is 0.00173. The van der Waals surface area contributed by atoms with Gasteiger partial charge in [0.2, 0.25) is 0 Å². The fourth-order valence-corrected chi connectivity index (χ4v) is 3.58. The molecule has 0 radical (unpaired) electrons. The van der Waals surface area contributed by atoms with E-state index in [1.807, 2.05) is 36.5 Å². The van der Waals surface area contributed by atoms with Crippen LogP contribution in [0.1, 0.15) is 18.9 Å². The lowest BCUT2D eigenvalue weighted by Crippen LogP contribution is -2.46. The maximum absolute atomic E-state index is 8.97. The van der Waals surface area contributed by atoms with Crippen LogP contribution in [0.15, 0.2) is 42.9 Å². The SMILES string of the molecule is CN(c1ccc(C#N)cc1)[C@]1(C)CCN(c2ncnc3[nH]ccc23)C1. The normalized spacial score (nSPS) is 20.0. The van der Waals surface area contributed by atoms with Crippen molar-refractivity contribution in [3.8, 4) is 6.07 Å². The van der Waals surface area contributed by atoms with E-state index in [1.54, 1.807) is 6.33 Å². The van der Waals surface area contributed by atoms with E-state index in [-0.39, 0.29) is 5.54 Å². The number of nitriles is 1. The van der Waals surface area contributed by atoms with Crippen molar-refractivity contribution in [1.29, 1.82) is 5.26 Å². The molecule has 0 aliphatic carbocycles. The van der Waals surface area contributed by atoms with E-state index in [0.717, 1.165) is 42.0 Å². The largest absolute Gasteiger partial charge is 0.367 e. The first-order valence-corrected chi connectivity index (χ1v) is 8.38. The minimum Gasteiger partial charge on any atom is -0.367 e. The van der Waals surface area contributed by atoms with Gasteiger partial charge in [0.25, 0.3) is 0 Å². The van der Waals surface area contributed by atoms with Crippen molar-refractivity contribution in [2.75, 3.05) is 29.9 Å². The lowest BCUT2D eigenvalue weighted by molar-refractivity contribution is 0.491. The number of H-pyrrole nitrogens is 1. The van der Waals surface area contributed by atoms with Crippen LogP contribution in [0.25, 0.3) is 11.0 Å². The van der Waals surface area contributed by atoms with Gasteiger partial charge in [-0.1, -0.05) is 0 Å². The summed E-state index contributed by atoms with van der Waals surface area (Å²) in [5, 5.41) is 10.0. The smallest absolute Gasteiger partial charge is 0.142 e. The lowest BCUT2D eigenvalue weighted by atomic mass is 9.98. The molecule has 0 spiro atoms. The maximum Gasteiger partial charge on any atom is 0.142 e. The van der Waals surface area contributed by atoms with Crippen LogP contribution in [0.5, 0.6) is 0 Å². The number of anilines is 2. The van der Waals surface area contributed by atoms with Gasteiger partial charge in [0.1, 0.15) is 17.8 Å². The van der Waals surface area contributed by atoms with E-state index >= 15 is 0 Å². The number of aromatic nitrogens is 3. The number of likely N-dealkylation sites (N-methyl/N-ethyl adjacent to an activating group) is 1. The van der Waals surface area contributed by atoms with E-state index in [4.69, 9.17) is 5.26 Å². The van der Waals surface area contributed by atoms with Crippen LogP contribution in [0.3, 0.4) is 0 Å². The summed E-state index contributed by atoms with van der Waals surface area (Å²) >= 11 is 0. The summed E-state index contributed by atoms with van der Waals surface area (Å²) in [6, 6.07) is 12.0. The van der Waals surface area contributed by atoms with Crippen molar-refractivity contribution in [1.82, 2.24) is 15.0 Å². The number of fused-ring (bicyclic) bond motifs is 1. The highest BCUT2D eigenvalue weighted by molar-refractivity contribution is 5.87. The summed E-state index contributed by atoms with van der Waals surface area (Å²) in [6.07, 6.45) is 4.56. The molecule has 6 heteroatoms. The van der Waals surface area contributed by atoms with Crippen LogP contribution in [-0.2, 0) is 0 Å². The topological polar surface area (TPSA) is 71.8 Å². The zero-order valence-corrected chi connectivity index (χ0v) is 14.4. The van der Waals surface area contributed by atoms with Gasteiger partial charge in [0.05, 0.1) is 22.6 Å². The second-order valence-corrected chi connectivity index (χ2v) is 6.82. The molecule has 25 heavy (non-hydrogen) atoms. The number of hydrogen-bond donors (Lipinski definition) is 1. The molecule has 3 aromatic rings. The summed E-state index contributed by atoms with van der Waals surface area (Å²) < 4.78 is 0. The van der Waals surface area contributed by atoms with Crippen molar-refractivity contribution in [2.24, 2.45) is 0 Å². The average Bonchev–Trinajstić information content (AvgIpc) is 3.28. The van der Waals surface area contributed by atoms with Crippen molar-refractivity contribution >= 4 is 22.5 Å². The Hall–Kier alpha value is -3.07. The summed E-state index contributed by atoms with van der Waals surface area (Å²) in [4.78, 5) is 16.6. The number of rotatable bonds is 3. The first kappa shape index (κ1) is 15.5. The average molecular weight is 332 g/mol. The monoisotopic (exact) mass is 332 g/mol. The molecule has 0 bridgehead atoms. The van der Waals surface area contributed by atoms with Gasteiger partial charge in [-0.25, -0.2) is 9.97 Å². The van der Waals surface area contributed by atoms with Crippen LogP contribution in [-0.4, -0.2) is 40.6 Å². The molecule has 1 atom stereocenters. The second kappa shape index (κ2) is 5.78. The van der Waals surface area contributed by atoms with E-state index in [2.05, 4.69) is 44.8 Å². The minimum atomic E-state index is 0.00173. The zero-order chi connectivity index (χ0) is 17.4. The molecule has 0 unspecified atom stereocenters. The van der Waals surface area contributed by atoms with E-state index in [0.29, 0.717) is 5.56 Å². The second-order valence-electron chi connectivity index (χ2n) is 6.82. The van der Waals surface area contributed by atoms with Gasteiger partial charge in [-0.3, -0.25) is 0 Å². The molecule has 3 heterocycles. The number of nitrogens with zero attached hydrogens (tertiary/aromatic N) is 5. The Morgan fingerprint density at radius 3 is 2.80 bits per heavy atom. The standard InChI is InChI=1S/C19H20N6/c1-19(24(2)15-5-3-14(11-20)4-6-15)8-10-25(12-19)18-16-7-9-21-17(16)22-13-23-18/h3-7,9,13H,8,10,12H2,1-2H3,(H,21,22,23)/t19-/m1/s1. The van der Waals surface area contributed by atoms with Gasteiger partial charge < -0.3 is 14.8 Å². The van der Waals surface area contributed by atoms with Crippen molar-refractivity contribution in [3.63, 3.8) is 0 Å². The highest BCUT2D eigenvalue weighted by Gasteiger charge is 2.38. The van der Waals surface area contributed by atoms with Crippen molar-refractivity contribution < 1.29 is 0 Å². The summed E-state index contributed by atoms with van der Waals surface area (Å²) in [5.41, 5.74) is 2.69. The van der Waals surface area contributed by atoms with Gasteiger partial charge >= 0.3 is 0 Å². The molecule has 1 N–H and O–H groups in total. The number of hydrogen-bond acceptors (Lipinski definition) is 5. The quantitative estimate of drug-likeness (QED) is 0.798. The Morgan fingerprint density at radius 2 is 2.04 bits per heavy atom. The van der Waals surface area contributed by atoms with Crippen molar-refractivity contribution in [3.05, 3.63) is 48.4 Å². The Labute approximate surface area is 146 Å². The van der Waals surface area contributed by atoms with Crippen molar-refractivity contribution in [2.45, 2.75) is 18.9 Å². The van der Waals surface area contributed by atoms with E-state index < -0.39 is 0 Å². The fourth-order valence-electron chi connectivity index (χ4n) is 3.58. The molecule has 1 aliphatic rings. The third kappa shape index (κ3) is 2.58. The maximum atomic E-state index is 8.97. The van der Waals surface area contributed by atoms with Crippen LogP contribution >= 0.6 is 0 Å². The first-order chi connectivity index (χ1) is 12.1. The van der Waals surface area contributed by atoms with Gasteiger partial charge in [-0.15, -0.1) is 0 Å². The lowest BCUT2D eigenvalue weighted by Gasteiger charge is -2.37. The molecule has 4 rings (SSSR count). The van der Waals surface area contributed by atoms with Gasteiger partial charge in [-0.2, -0.15) is 5.26 Å². The van der Waals surface area contributed by atoms with Crippen LogP contribution in [0.4, 0.5) is 11.5 Å². The zero-order valence-electron chi connectivity index (χ0n) is 14.4. The Morgan fingerprint density at radius 1 is 1.24 bits per heavy atom. The highest BCUT2D eigenvalue weighted by atomic mass is 15.3. The number of benzene rings is 1. The van der Waals surface area contributed by atoms with Gasteiger partial charge in [-0.05, 0) is 43.7 Å². The highest BCUT2D eigenvalue weighted by Crippen LogP contribution is 2.34. The van der Waals surface area contributed by atoms with Crippen LogP contribution in [0, 0.1) is 11.3 Å². The predicted molar refractivity (Wildman–Crippen MR) is 98.7 cm³/mol. The Balaban J connectivity index is 1.59. The molecule has 1 aliphatic heterocycles. The molecule has 0 saturated carbocycles. The first-order valence-electron chi connectivity index (χ1n) is 8.38. The van der Waals surface area contributed by atoms with Crippen LogP contribution in [0.2, 0.25) is 0 Å². The molecule has 6 nitrogen and oxygen atoms in total. The summed E-state index contributed by atoms with van der Waals surface area (Å²) in [6.45, 7) is 4.12. The summed E-state index contributed by atoms with van der Waals surface area (Å²) in [5.74, 6) is 0.989. The molecule has 126 valence electrons. The molecule has 1 aromatic carbocycles. The molecule has 2 aromatic heterocycles. The number of nitrogens with one attached hydrogen (secondary N) is 1. The van der Waals surface area contributed by atoms with Gasteiger partial charge in [0.15, 0.2) is 0 Å². The summed E-state index contributed by atoms with van der Waals surface area (Å²) in [7, 11) is 2.12. The molecular formula is C19H20N6. The third-order valence-corrected chi connectivity index (χ3v) is 5.28. The Bertz CT molecular complexity index is 938. The third-order valence-electron chi connectivity index (χ3n) is 5.28. The predicted octanol–water partition coefficient (Wildman–Crippen LogP) is 2.93.